The van der Waals surface area contributed by atoms with Gasteiger partial charge in [0.2, 0.25) is 0 Å². The number of carbonyl (C=O) groups is 2. The summed E-state index contributed by atoms with van der Waals surface area (Å²) in [7, 11) is 0. The van der Waals surface area contributed by atoms with Gasteiger partial charge in [0.1, 0.15) is 22.9 Å². The Hall–Kier alpha value is -4.46. The van der Waals surface area contributed by atoms with Crippen molar-refractivity contribution in [1.29, 1.82) is 0 Å². The van der Waals surface area contributed by atoms with Crippen molar-refractivity contribution in [3.05, 3.63) is 90.0 Å². The second kappa shape index (κ2) is 11.1. The minimum Gasteiger partial charge on any atom is -0.507 e. The van der Waals surface area contributed by atoms with Crippen molar-refractivity contribution in [1.82, 2.24) is 0 Å². The fourth-order valence-corrected chi connectivity index (χ4v) is 3.41. The minimum absolute atomic E-state index is 0.00764. The number of phenols is 2. The molecule has 2 N–H and O–H groups in total. The van der Waals surface area contributed by atoms with E-state index >= 15 is 0 Å². The van der Waals surface area contributed by atoms with E-state index < -0.39 is 18.0 Å². The Morgan fingerprint density at radius 1 is 0.971 bits per heavy atom. The van der Waals surface area contributed by atoms with Crippen molar-refractivity contribution in [3.63, 3.8) is 0 Å². The lowest BCUT2D eigenvalue weighted by atomic mass is 10.0. The van der Waals surface area contributed by atoms with Crippen molar-refractivity contribution >= 4 is 28.8 Å². The van der Waals surface area contributed by atoms with Crippen LogP contribution in [0.15, 0.2) is 89.1 Å². The normalized spacial score (nSPS) is 11.7. The molecule has 3 rings (SSSR count). The Morgan fingerprint density at radius 2 is 1.60 bits per heavy atom. The van der Waals surface area contributed by atoms with Gasteiger partial charge in [0.25, 0.3) is 0 Å². The van der Waals surface area contributed by atoms with E-state index in [1.807, 2.05) is 24.0 Å². The maximum absolute atomic E-state index is 12.8. The molecule has 0 fully saturated rings. The first-order chi connectivity index (χ1) is 16.7. The molecule has 0 aliphatic heterocycles. The van der Waals surface area contributed by atoms with E-state index in [2.05, 4.69) is 16.8 Å². The lowest BCUT2D eigenvalue weighted by molar-refractivity contribution is -0.143. The van der Waals surface area contributed by atoms with Gasteiger partial charge in [-0.2, -0.15) is 0 Å². The van der Waals surface area contributed by atoms with E-state index in [-0.39, 0.29) is 22.7 Å². The van der Waals surface area contributed by atoms with E-state index in [0.29, 0.717) is 29.1 Å². The highest BCUT2D eigenvalue weighted by atomic mass is 16.6. The fraction of sp³-hybridized carbons (Fsp3) is 0.185. The maximum atomic E-state index is 12.8. The fourth-order valence-electron chi connectivity index (χ4n) is 3.41. The Morgan fingerprint density at radius 3 is 2.26 bits per heavy atom. The van der Waals surface area contributed by atoms with E-state index in [1.54, 1.807) is 56.3 Å². The van der Waals surface area contributed by atoms with Crippen LogP contribution in [-0.2, 0) is 9.53 Å². The van der Waals surface area contributed by atoms with Gasteiger partial charge in [-0.15, -0.1) is 10.2 Å². The lowest BCUT2D eigenvalue weighted by Gasteiger charge is -2.30. The minimum atomic E-state index is -0.599. The molecular formula is C27H27N3O5. The van der Waals surface area contributed by atoms with Crippen LogP contribution in [0.4, 0.5) is 17.1 Å². The largest absolute Gasteiger partial charge is 0.507 e. The molecule has 35 heavy (non-hydrogen) atoms. The number of para-hydroxylation sites is 1. The molecule has 180 valence electrons. The van der Waals surface area contributed by atoms with E-state index in [1.165, 1.54) is 6.07 Å². The molecular weight excluding hydrogens is 446 g/mol. The zero-order valence-electron chi connectivity index (χ0n) is 19.8. The molecule has 0 bridgehead atoms. The summed E-state index contributed by atoms with van der Waals surface area (Å²) in [6.45, 7) is 9.35. The topological polar surface area (TPSA) is 112 Å². The molecule has 0 spiro atoms. The van der Waals surface area contributed by atoms with Crippen LogP contribution in [0, 0.1) is 0 Å². The molecule has 0 aromatic heterocycles. The third-order valence-corrected chi connectivity index (χ3v) is 5.24. The van der Waals surface area contributed by atoms with E-state index in [4.69, 9.17) is 4.74 Å². The molecule has 0 aliphatic carbocycles. The summed E-state index contributed by atoms with van der Waals surface area (Å²) in [4.78, 5) is 26.6. The Labute approximate surface area is 203 Å². The van der Waals surface area contributed by atoms with Gasteiger partial charge in [-0.1, -0.05) is 49.0 Å². The third kappa shape index (κ3) is 5.92. The molecule has 8 nitrogen and oxygen atoms in total. The first-order valence-electron chi connectivity index (χ1n) is 11.0. The Kier molecular flexibility index (Phi) is 7.99. The van der Waals surface area contributed by atoms with Crippen LogP contribution >= 0.6 is 0 Å². The van der Waals surface area contributed by atoms with Gasteiger partial charge in [-0.25, -0.2) is 4.79 Å². The Bertz CT molecular complexity index is 1270. The lowest BCUT2D eigenvalue weighted by Crippen LogP contribution is -2.36. The van der Waals surface area contributed by atoms with Crippen LogP contribution in [0.5, 0.6) is 11.5 Å². The Balaban J connectivity index is 1.94. The maximum Gasteiger partial charge on any atom is 0.335 e. The van der Waals surface area contributed by atoms with Crippen molar-refractivity contribution < 1.29 is 24.5 Å². The molecule has 0 amide bonds. The summed E-state index contributed by atoms with van der Waals surface area (Å²) < 4.78 is 5.46. The third-order valence-electron chi connectivity index (χ3n) is 5.24. The number of rotatable bonds is 9. The van der Waals surface area contributed by atoms with Crippen LogP contribution in [0.25, 0.3) is 0 Å². The van der Waals surface area contributed by atoms with Crippen LogP contribution in [0.2, 0.25) is 0 Å². The van der Waals surface area contributed by atoms with Gasteiger partial charge in [0, 0.05) is 23.7 Å². The summed E-state index contributed by atoms with van der Waals surface area (Å²) >= 11 is 0. The summed E-state index contributed by atoms with van der Waals surface area (Å²) in [6, 6.07) is 18.0. The van der Waals surface area contributed by atoms with Crippen molar-refractivity contribution in [2.45, 2.75) is 27.0 Å². The molecule has 0 saturated carbocycles. The standard InChI is InChI=1S/C27H27N3O5/c1-5-30(18(4)35-27(34)17(2)3)23-14-10-9-13-21(23)28-29-22-15-20(24(31)16-25(22)32)26(33)19-11-7-6-8-12-19/h6-16,18,31-32H,2,5H2,1,3-4H3. The number of esters is 1. The number of ether oxygens (including phenoxy) is 1. The summed E-state index contributed by atoms with van der Waals surface area (Å²) in [5, 5.41) is 29.0. The number of benzene rings is 3. The van der Waals surface area contributed by atoms with Gasteiger partial charge in [0.05, 0.1) is 11.3 Å². The van der Waals surface area contributed by atoms with Crippen LogP contribution in [0.1, 0.15) is 36.7 Å². The van der Waals surface area contributed by atoms with Crippen molar-refractivity contribution in [2.75, 3.05) is 11.4 Å². The van der Waals surface area contributed by atoms with Crippen molar-refractivity contribution in [2.24, 2.45) is 10.2 Å². The van der Waals surface area contributed by atoms with E-state index in [9.17, 15) is 19.8 Å². The predicted octanol–water partition coefficient (Wildman–Crippen LogP) is 6.04. The molecule has 1 unspecified atom stereocenters. The number of nitrogens with zero attached hydrogens (tertiary/aromatic N) is 3. The number of hydrogen-bond donors (Lipinski definition) is 2. The summed E-state index contributed by atoms with van der Waals surface area (Å²) in [5.74, 6) is -1.60. The molecule has 0 heterocycles. The number of anilines is 1. The van der Waals surface area contributed by atoms with Crippen LogP contribution < -0.4 is 4.90 Å². The molecule has 3 aromatic rings. The second-order valence-electron chi connectivity index (χ2n) is 7.81. The first kappa shape index (κ1) is 25.2. The summed E-state index contributed by atoms with van der Waals surface area (Å²) in [5.41, 5.74) is 1.80. The van der Waals surface area contributed by atoms with Crippen LogP contribution in [0.3, 0.4) is 0 Å². The van der Waals surface area contributed by atoms with Crippen LogP contribution in [-0.4, -0.2) is 34.7 Å². The highest BCUT2D eigenvalue weighted by Gasteiger charge is 2.20. The molecule has 0 radical (unpaired) electrons. The molecule has 8 heteroatoms. The monoisotopic (exact) mass is 473 g/mol. The van der Waals surface area contributed by atoms with Gasteiger partial charge in [-0.3, -0.25) is 4.79 Å². The molecule has 3 aromatic carbocycles. The molecule has 0 aliphatic rings. The number of hydrogen-bond acceptors (Lipinski definition) is 8. The first-order valence-corrected chi connectivity index (χ1v) is 11.0. The SMILES string of the molecule is C=C(C)C(=O)OC(C)N(CC)c1ccccc1N=Nc1cc(C(=O)c2ccccc2)c(O)cc1O. The average Bonchev–Trinajstić information content (AvgIpc) is 2.84. The highest BCUT2D eigenvalue weighted by molar-refractivity contribution is 6.11. The van der Waals surface area contributed by atoms with Gasteiger partial charge >= 0.3 is 5.97 Å². The number of carbonyl (C=O) groups excluding carboxylic acids is 2. The molecule has 0 saturated heterocycles. The number of aromatic hydroxyl groups is 2. The molecule has 1 atom stereocenters. The summed E-state index contributed by atoms with van der Waals surface area (Å²) in [6.07, 6.45) is -0.599. The number of ketones is 1. The average molecular weight is 474 g/mol. The van der Waals surface area contributed by atoms with Gasteiger partial charge in [-0.05, 0) is 39.0 Å². The quantitative estimate of drug-likeness (QED) is 0.129. The van der Waals surface area contributed by atoms with Gasteiger partial charge in [0.15, 0.2) is 12.0 Å². The van der Waals surface area contributed by atoms with E-state index in [0.717, 1.165) is 6.07 Å². The zero-order valence-corrected chi connectivity index (χ0v) is 19.8. The number of azo groups is 1. The zero-order chi connectivity index (χ0) is 25.5. The van der Waals surface area contributed by atoms with Gasteiger partial charge < -0.3 is 19.8 Å². The van der Waals surface area contributed by atoms with Crippen molar-refractivity contribution in [3.8, 4) is 11.5 Å². The smallest absolute Gasteiger partial charge is 0.335 e. The number of phenolic OH excluding ortho intramolecular Hbond substituents is 2. The highest BCUT2D eigenvalue weighted by Crippen LogP contribution is 2.37. The predicted molar refractivity (Wildman–Crippen MR) is 134 cm³/mol. The second-order valence-corrected chi connectivity index (χ2v) is 7.81.